The first-order chi connectivity index (χ1) is 16.3. The Morgan fingerprint density at radius 2 is 1.73 bits per heavy atom. The fourth-order valence-electron chi connectivity index (χ4n) is 4.79. The average molecular weight is 557 g/mol. The molecule has 5 nitrogen and oxygen atoms in total. The average Bonchev–Trinajstić information content (AvgIpc) is 3.28. The Morgan fingerprint density at radius 3 is 2.55 bits per heavy atom. The fraction of sp³-hybridized carbons (Fsp3) is 0.370. The van der Waals surface area contributed by atoms with Crippen LogP contribution in [0.1, 0.15) is 12.8 Å². The molecule has 0 amide bonds. The maximum absolute atomic E-state index is 6.28. The van der Waals surface area contributed by atoms with Crippen LogP contribution in [0.3, 0.4) is 0 Å². The minimum atomic E-state index is 0.155. The standard InChI is InChI=1S/C27H32IN3O2/c1-32-26-10-4-5-11-27(26)33-25-9-3-2-8-24(25)31-17-15-30(16-18-31)14-6-7-21-20-29-23-12-13-28-19-22(21)23/h2-5,8-13,19-20,22-23,29H,6-7,14-18H2,1H3. The first kappa shape index (κ1) is 22.5. The summed E-state index contributed by atoms with van der Waals surface area (Å²) in [6.45, 7) is 5.39. The van der Waals surface area contributed by atoms with Crippen LogP contribution in [0.25, 0.3) is 0 Å². The van der Waals surface area contributed by atoms with Crippen molar-refractivity contribution in [2.45, 2.75) is 18.9 Å². The molecule has 0 bridgehead atoms. The van der Waals surface area contributed by atoms with Crippen LogP contribution in [0.5, 0.6) is 17.2 Å². The minimum absolute atomic E-state index is 0.155. The van der Waals surface area contributed by atoms with Crippen LogP contribution < -0.4 is 19.7 Å². The van der Waals surface area contributed by atoms with Crippen molar-refractivity contribution in [2.24, 2.45) is 5.92 Å². The van der Waals surface area contributed by atoms with Gasteiger partial charge in [-0.2, -0.15) is 0 Å². The molecule has 1 fully saturated rings. The zero-order valence-corrected chi connectivity index (χ0v) is 21.3. The molecular weight excluding hydrogens is 525 g/mol. The lowest BCUT2D eigenvalue weighted by Gasteiger charge is -2.36. The van der Waals surface area contributed by atoms with E-state index in [4.69, 9.17) is 9.47 Å². The summed E-state index contributed by atoms with van der Waals surface area (Å²) in [5.41, 5.74) is 2.76. The molecule has 2 aromatic rings. The highest BCUT2D eigenvalue weighted by molar-refractivity contribution is 14.2. The summed E-state index contributed by atoms with van der Waals surface area (Å²) in [5.74, 6) is 3.03. The number of nitrogens with zero attached hydrogens (tertiary/aromatic N) is 2. The van der Waals surface area contributed by atoms with Crippen LogP contribution in [0.2, 0.25) is 0 Å². The summed E-state index contributed by atoms with van der Waals surface area (Å²) < 4.78 is 16.7. The number of fused-ring (bicyclic) bond motifs is 1. The molecule has 5 rings (SSSR count). The molecule has 2 atom stereocenters. The molecule has 3 heterocycles. The van der Waals surface area contributed by atoms with Gasteiger partial charge in [-0.3, -0.25) is 4.90 Å². The fourth-order valence-corrected chi connectivity index (χ4v) is 7.08. The molecule has 6 heteroatoms. The van der Waals surface area contributed by atoms with Crippen LogP contribution in [0.4, 0.5) is 5.69 Å². The van der Waals surface area contributed by atoms with E-state index in [1.165, 1.54) is 19.4 Å². The Hall–Kier alpha value is -2.32. The van der Waals surface area contributed by atoms with Crippen molar-refractivity contribution < 1.29 is 9.47 Å². The van der Waals surface area contributed by atoms with E-state index in [2.05, 4.69) is 47.6 Å². The second kappa shape index (κ2) is 10.7. The number of anilines is 1. The summed E-state index contributed by atoms with van der Waals surface area (Å²) in [5, 5.41) is 3.55. The van der Waals surface area contributed by atoms with Gasteiger partial charge in [0, 0.05) is 32.1 Å². The Balaban J connectivity index is 1.13. The van der Waals surface area contributed by atoms with E-state index in [1.54, 1.807) is 12.7 Å². The number of hydrogen-bond donors (Lipinski definition) is 1. The molecule has 3 aliphatic heterocycles. The highest BCUT2D eigenvalue weighted by atomic mass is 127. The number of halogens is 1. The van der Waals surface area contributed by atoms with Gasteiger partial charge in [-0.25, -0.2) is 0 Å². The second-order valence-electron chi connectivity index (χ2n) is 8.66. The zero-order valence-electron chi connectivity index (χ0n) is 19.1. The van der Waals surface area contributed by atoms with Gasteiger partial charge in [0.15, 0.2) is 17.2 Å². The first-order valence-corrected chi connectivity index (χ1v) is 14.2. The maximum Gasteiger partial charge on any atom is 0.169 e. The number of para-hydroxylation sites is 4. The van der Waals surface area contributed by atoms with Gasteiger partial charge in [0.05, 0.1) is 18.8 Å². The summed E-state index contributed by atoms with van der Waals surface area (Å²) in [7, 11) is 1.68. The molecule has 0 radical (unpaired) electrons. The number of hydrogen-bond acceptors (Lipinski definition) is 5. The van der Waals surface area contributed by atoms with E-state index < -0.39 is 0 Å². The van der Waals surface area contributed by atoms with Gasteiger partial charge in [-0.15, -0.1) is 0 Å². The topological polar surface area (TPSA) is 37.0 Å². The number of piperazine rings is 1. The van der Waals surface area contributed by atoms with E-state index in [0.29, 0.717) is 12.0 Å². The molecule has 1 saturated heterocycles. The van der Waals surface area contributed by atoms with Crippen LogP contribution in [0, 0.1) is 5.92 Å². The number of methoxy groups -OCH3 is 1. The van der Waals surface area contributed by atoms with Gasteiger partial charge in [0.1, 0.15) is 0 Å². The zero-order chi connectivity index (χ0) is 22.5. The monoisotopic (exact) mass is 557 g/mol. The van der Waals surface area contributed by atoms with Crippen LogP contribution in [-0.4, -0.2) is 54.8 Å². The number of ether oxygens (including phenoxy) is 2. The molecule has 174 valence electrons. The molecule has 3 aliphatic rings. The lowest BCUT2D eigenvalue weighted by atomic mass is 9.94. The summed E-state index contributed by atoms with van der Waals surface area (Å²) in [4.78, 5) is 5.06. The molecule has 0 saturated carbocycles. The predicted octanol–water partition coefficient (Wildman–Crippen LogP) is 5.16. The highest BCUT2D eigenvalue weighted by Crippen LogP contribution is 2.37. The summed E-state index contributed by atoms with van der Waals surface area (Å²) in [6, 6.07) is 16.7. The van der Waals surface area contributed by atoms with Gasteiger partial charge in [-0.1, -0.05) is 51.1 Å². The SMILES string of the molecule is COc1ccccc1Oc1ccccc1N1CCN(CCCC2=CNC3C=CI=CC23)CC1. The molecule has 2 aromatic carbocycles. The van der Waals surface area contributed by atoms with Crippen molar-refractivity contribution >= 4 is 30.4 Å². The largest absolute Gasteiger partial charge is 0.493 e. The quantitative estimate of drug-likeness (QED) is 0.454. The van der Waals surface area contributed by atoms with Crippen molar-refractivity contribution in [1.29, 1.82) is 0 Å². The molecule has 0 aromatic heterocycles. The third-order valence-electron chi connectivity index (χ3n) is 6.64. The van der Waals surface area contributed by atoms with Crippen LogP contribution >= 0.6 is 20.7 Å². The van der Waals surface area contributed by atoms with Crippen LogP contribution in [-0.2, 0) is 0 Å². The normalized spacial score (nSPS) is 22.2. The number of rotatable bonds is 8. The number of benzene rings is 2. The summed E-state index contributed by atoms with van der Waals surface area (Å²) >= 11 is 0.155. The van der Waals surface area contributed by atoms with Crippen molar-refractivity contribution in [3.8, 4) is 17.2 Å². The third-order valence-corrected chi connectivity index (χ3v) is 8.66. The van der Waals surface area contributed by atoms with E-state index >= 15 is 0 Å². The van der Waals surface area contributed by atoms with Gasteiger partial charge in [-0.05, 0) is 63.5 Å². The lowest BCUT2D eigenvalue weighted by Crippen LogP contribution is -2.46. The van der Waals surface area contributed by atoms with E-state index in [1.807, 2.05) is 36.4 Å². The predicted molar refractivity (Wildman–Crippen MR) is 145 cm³/mol. The van der Waals surface area contributed by atoms with Gasteiger partial charge >= 0.3 is 0 Å². The van der Waals surface area contributed by atoms with Gasteiger partial charge in [0.25, 0.3) is 0 Å². The van der Waals surface area contributed by atoms with E-state index in [-0.39, 0.29) is 20.7 Å². The van der Waals surface area contributed by atoms with Gasteiger partial charge in [0.2, 0.25) is 0 Å². The van der Waals surface area contributed by atoms with Crippen molar-refractivity contribution in [2.75, 3.05) is 44.7 Å². The van der Waals surface area contributed by atoms with Crippen molar-refractivity contribution in [3.63, 3.8) is 0 Å². The van der Waals surface area contributed by atoms with Gasteiger partial charge < -0.3 is 19.7 Å². The molecule has 2 unspecified atom stereocenters. The second-order valence-corrected chi connectivity index (χ2v) is 10.8. The Kier molecular flexibility index (Phi) is 7.31. The molecule has 1 N–H and O–H groups in total. The maximum atomic E-state index is 6.28. The van der Waals surface area contributed by atoms with Crippen LogP contribution in [0.15, 0.2) is 70.5 Å². The Bertz CT molecular complexity index is 1040. The van der Waals surface area contributed by atoms with Crippen molar-refractivity contribution in [1.82, 2.24) is 10.2 Å². The Morgan fingerprint density at radius 1 is 0.970 bits per heavy atom. The van der Waals surface area contributed by atoms with E-state index in [9.17, 15) is 0 Å². The van der Waals surface area contributed by atoms with E-state index in [0.717, 1.165) is 49.1 Å². The molecule has 33 heavy (non-hydrogen) atoms. The first-order valence-electron chi connectivity index (χ1n) is 11.8. The summed E-state index contributed by atoms with van der Waals surface area (Å²) in [6.07, 6.45) is 7.09. The lowest BCUT2D eigenvalue weighted by molar-refractivity contribution is 0.254. The molecule has 0 aliphatic carbocycles. The minimum Gasteiger partial charge on any atom is -0.493 e. The Labute approximate surface area is 206 Å². The molecule has 0 spiro atoms. The third kappa shape index (κ3) is 5.27. The molecular formula is C27H32IN3O2. The highest BCUT2D eigenvalue weighted by Gasteiger charge is 2.27. The number of nitrogens with one attached hydrogen (secondary N) is 1. The smallest absolute Gasteiger partial charge is 0.169 e. The van der Waals surface area contributed by atoms with Crippen molar-refractivity contribution in [3.05, 3.63) is 70.5 Å².